The number of nitrogens with zero attached hydrogens (tertiary/aromatic N) is 1. The first-order valence-electron chi connectivity index (χ1n) is 7.00. The van der Waals surface area contributed by atoms with Gasteiger partial charge in [0.2, 0.25) is 0 Å². The van der Waals surface area contributed by atoms with Crippen LogP contribution < -0.4 is 5.32 Å². The summed E-state index contributed by atoms with van der Waals surface area (Å²) in [5.74, 6) is 0.850. The summed E-state index contributed by atoms with van der Waals surface area (Å²) < 4.78 is 0. The Balaban J connectivity index is 1.63. The molecule has 0 aromatic rings. The van der Waals surface area contributed by atoms with E-state index >= 15 is 0 Å². The van der Waals surface area contributed by atoms with Crippen LogP contribution in [0.4, 0.5) is 0 Å². The van der Waals surface area contributed by atoms with Crippen LogP contribution in [0.2, 0.25) is 0 Å². The number of hydrogen-bond donors (Lipinski definition) is 2. The van der Waals surface area contributed by atoms with Gasteiger partial charge in [-0.15, -0.1) is 0 Å². The molecule has 92 valence electrons. The van der Waals surface area contributed by atoms with Gasteiger partial charge in [-0.2, -0.15) is 0 Å². The Kier molecular flexibility index (Phi) is 3.18. The maximum atomic E-state index is 10.1. The Morgan fingerprint density at radius 3 is 2.69 bits per heavy atom. The molecule has 4 atom stereocenters. The van der Waals surface area contributed by atoms with Crippen molar-refractivity contribution in [1.29, 1.82) is 0 Å². The fraction of sp³-hybridized carbons (Fsp3) is 1.00. The number of rotatable bonds is 1. The highest BCUT2D eigenvalue weighted by Gasteiger charge is 2.39. The molecule has 16 heavy (non-hydrogen) atoms. The van der Waals surface area contributed by atoms with Gasteiger partial charge in [0, 0.05) is 25.2 Å². The summed E-state index contributed by atoms with van der Waals surface area (Å²) in [5, 5.41) is 13.7. The molecule has 0 spiro atoms. The maximum absolute atomic E-state index is 10.1. The highest BCUT2D eigenvalue weighted by molar-refractivity contribution is 4.96. The molecule has 2 heterocycles. The fourth-order valence-electron chi connectivity index (χ4n) is 3.87. The van der Waals surface area contributed by atoms with Crippen LogP contribution in [0.3, 0.4) is 0 Å². The number of fused-ring (bicyclic) bond motifs is 1. The predicted molar refractivity (Wildman–Crippen MR) is 64.4 cm³/mol. The fourth-order valence-corrected chi connectivity index (χ4v) is 3.87. The molecule has 0 bridgehead atoms. The maximum Gasteiger partial charge on any atom is 0.0695 e. The SMILES string of the molecule is OC1CCCCC1N1CC2CCCNC2C1. The van der Waals surface area contributed by atoms with Gasteiger partial charge in [-0.05, 0) is 38.1 Å². The number of piperidine rings is 1. The lowest BCUT2D eigenvalue weighted by Crippen LogP contribution is -2.45. The third-order valence-corrected chi connectivity index (χ3v) is 4.79. The zero-order valence-corrected chi connectivity index (χ0v) is 10.1. The van der Waals surface area contributed by atoms with Crippen molar-refractivity contribution in [1.82, 2.24) is 10.2 Å². The van der Waals surface area contributed by atoms with Crippen LogP contribution in [0.15, 0.2) is 0 Å². The second-order valence-electron chi connectivity index (χ2n) is 5.84. The predicted octanol–water partition coefficient (Wildman–Crippen LogP) is 0.974. The zero-order chi connectivity index (χ0) is 11.0. The summed E-state index contributed by atoms with van der Waals surface area (Å²) in [7, 11) is 0. The lowest BCUT2D eigenvalue weighted by Gasteiger charge is -2.35. The molecule has 3 heteroatoms. The number of hydrogen-bond acceptors (Lipinski definition) is 3. The van der Waals surface area contributed by atoms with Crippen LogP contribution >= 0.6 is 0 Å². The van der Waals surface area contributed by atoms with E-state index in [2.05, 4.69) is 10.2 Å². The normalized spacial score (nSPS) is 45.6. The molecule has 3 aliphatic rings. The first-order valence-corrected chi connectivity index (χ1v) is 7.00. The van der Waals surface area contributed by atoms with Gasteiger partial charge in [0.25, 0.3) is 0 Å². The van der Waals surface area contributed by atoms with E-state index in [1.807, 2.05) is 0 Å². The molecule has 0 aromatic carbocycles. The Bertz CT molecular complexity index is 232. The minimum Gasteiger partial charge on any atom is -0.391 e. The van der Waals surface area contributed by atoms with Crippen LogP contribution in [-0.2, 0) is 0 Å². The van der Waals surface area contributed by atoms with Gasteiger partial charge in [-0.25, -0.2) is 0 Å². The van der Waals surface area contributed by atoms with E-state index in [1.54, 1.807) is 0 Å². The zero-order valence-electron chi connectivity index (χ0n) is 10.1. The molecule has 2 N–H and O–H groups in total. The second-order valence-corrected chi connectivity index (χ2v) is 5.84. The summed E-state index contributed by atoms with van der Waals surface area (Å²) >= 11 is 0. The Hall–Kier alpha value is -0.120. The number of aliphatic hydroxyl groups is 1. The average Bonchev–Trinajstić information content (AvgIpc) is 2.73. The average molecular weight is 224 g/mol. The largest absolute Gasteiger partial charge is 0.391 e. The summed E-state index contributed by atoms with van der Waals surface area (Å²) in [5.41, 5.74) is 0. The standard InChI is InChI=1S/C13H24N2O/c16-13-6-2-1-5-12(13)15-8-10-4-3-7-14-11(10)9-15/h10-14,16H,1-9H2. The van der Waals surface area contributed by atoms with Gasteiger partial charge in [0.15, 0.2) is 0 Å². The van der Waals surface area contributed by atoms with E-state index in [0.29, 0.717) is 12.1 Å². The van der Waals surface area contributed by atoms with Gasteiger partial charge < -0.3 is 10.4 Å². The minimum absolute atomic E-state index is 0.0612. The molecule has 0 amide bonds. The quantitative estimate of drug-likeness (QED) is 0.697. The van der Waals surface area contributed by atoms with Gasteiger partial charge in [0.1, 0.15) is 0 Å². The van der Waals surface area contributed by atoms with Crippen LogP contribution in [0, 0.1) is 5.92 Å². The molecule has 2 saturated heterocycles. The first-order chi connectivity index (χ1) is 7.84. The Labute approximate surface area is 98.2 Å². The van der Waals surface area contributed by atoms with Crippen LogP contribution in [0.5, 0.6) is 0 Å². The van der Waals surface area contributed by atoms with Gasteiger partial charge in [-0.3, -0.25) is 4.90 Å². The molecular formula is C13H24N2O. The van der Waals surface area contributed by atoms with E-state index < -0.39 is 0 Å². The van der Waals surface area contributed by atoms with Crippen molar-refractivity contribution in [2.24, 2.45) is 5.92 Å². The molecule has 1 saturated carbocycles. The van der Waals surface area contributed by atoms with Crippen LogP contribution in [-0.4, -0.2) is 47.8 Å². The van der Waals surface area contributed by atoms with Gasteiger partial charge in [-0.1, -0.05) is 12.8 Å². The molecular weight excluding hydrogens is 200 g/mol. The molecule has 3 nitrogen and oxygen atoms in total. The van der Waals surface area contributed by atoms with Crippen molar-refractivity contribution in [2.75, 3.05) is 19.6 Å². The highest BCUT2D eigenvalue weighted by Crippen LogP contribution is 2.31. The van der Waals surface area contributed by atoms with Crippen molar-refractivity contribution in [3.05, 3.63) is 0 Å². The summed E-state index contributed by atoms with van der Waals surface area (Å²) in [6.07, 6.45) is 7.41. The van der Waals surface area contributed by atoms with Crippen molar-refractivity contribution in [3.8, 4) is 0 Å². The summed E-state index contributed by atoms with van der Waals surface area (Å²) in [6, 6.07) is 1.17. The minimum atomic E-state index is -0.0612. The molecule has 0 aromatic heterocycles. The number of aliphatic hydroxyl groups excluding tert-OH is 1. The van der Waals surface area contributed by atoms with E-state index in [9.17, 15) is 5.11 Å². The smallest absolute Gasteiger partial charge is 0.0695 e. The van der Waals surface area contributed by atoms with Crippen molar-refractivity contribution in [2.45, 2.75) is 56.7 Å². The first kappa shape index (κ1) is 11.0. The molecule has 3 fully saturated rings. The van der Waals surface area contributed by atoms with E-state index in [1.165, 1.54) is 51.7 Å². The van der Waals surface area contributed by atoms with E-state index in [0.717, 1.165) is 12.3 Å². The Morgan fingerprint density at radius 1 is 1.00 bits per heavy atom. The highest BCUT2D eigenvalue weighted by atomic mass is 16.3. The lowest BCUT2D eigenvalue weighted by atomic mass is 9.91. The monoisotopic (exact) mass is 224 g/mol. The van der Waals surface area contributed by atoms with Crippen LogP contribution in [0.25, 0.3) is 0 Å². The molecule has 2 aliphatic heterocycles. The Morgan fingerprint density at radius 2 is 1.88 bits per heavy atom. The van der Waals surface area contributed by atoms with Gasteiger partial charge >= 0.3 is 0 Å². The third kappa shape index (κ3) is 2.01. The number of nitrogens with one attached hydrogen (secondary N) is 1. The topological polar surface area (TPSA) is 35.5 Å². The van der Waals surface area contributed by atoms with E-state index in [4.69, 9.17) is 0 Å². The molecule has 3 rings (SSSR count). The third-order valence-electron chi connectivity index (χ3n) is 4.79. The molecule has 1 aliphatic carbocycles. The van der Waals surface area contributed by atoms with Crippen molar-refractivity contribution >= 4 is 0 Å². The lowest BCUT2D eigenvalue weighted by molar-refractivity contribution is 0.0290. The van der Waals surface area contributed by atoms with Crippen LogP contribution in [0.1, 0.15) is 38.5 Å². The molecule has 4 unspecified atom stereocenters. The second kappa shape index (κ2) is 4.63. The summed E-state index contributed by atoms with van der Waals surface area (Å²) in [4.78, 5) is 2.57. The molecule has 0 radical (unpaired) electrons. The van der Waals surface area contributed by atoms with Crippen molar-refractivity contribution < 1.29 is 5.11 Å². The summed E-state index contributed by atoms with van der Waals surface area (Å²) in [6.45, 7) is 3.59. The number of likely N-dealkylation sites (tertiary alicyclic amines) is 1. The van der Waals surface area contributed by atoms with Gasteiger partial charge in [0.05, 0.1) is 6.10 Å². The van der Waals surface area contributed by atoms with E-state index in [-0.39, 0.29) is 6.10 Å². The van der Waals surface area contributed by atoms with Crippen molar-refractivity contribution in [3.63, 3.8) is 0 Å².